The highest BCUT2D eigenvalue weighted by Crippen LogP contribution is 2.36. The number of aliphatic hydroxyl groups excluding tert-OH is 2. The van der Waals surface area contributed by atoms with Gasteiger partial charge in [0.2, 0.25) is 0 Å². The highest BCUT2D eigenvalue weighted by Gasteiger charge is 2.37. The summed E-state index contributed by atoms with van der Waals surface area (Å²) in [6, 6.07) is 6.10. The van der Waals surface area contributed by atoms with Crippen molar-refractivity contribution in [2.75, 3.05) is 20.2 Å². The molecule has 2 aromatic rings. The van der Waals surface area contributed by atoms with Crippen molar-refractivity contribution in [3.8, 4) is 0 Å². The molecule has 3 nitrogen and oxygen atoms in total. The molecular weight excluding hydrogens is 483 g/mol. The molecule has 0 aliphatic rings. The van der Waals surface area contributed by atoms with E-state index in [0.29, 0.717) is 27.7 Å². The Morgan fingerprint density at radius 1 is 0.906 bits per heavy atom. The summed E-state index contributed by atoms with van der Waals surface area (Å²) < 4.78 is 78.3. The van der Waals surface area contributed by atoms with Gasteiger partial charge in [0.05, 0.1) is 21.2 Å². The summed E-state index contributed by atoms with van der Waals surface area (Å²) in [5.41, 5.74) is -2.47. The number of hydrogen-bond donors (Lipinski definition) is 2. The van der Waals surface area contributed by atoms with Crippen molar-refractivity contribution >= 4 is 23.2 Å². The number of rotatable bonds is 8. The Kier molecular flexibility index (Phi) is 8.86. The minimum absolute atomic E-state index is 0.0428. The summed E-state index contributed by atoms with van der Waals surface area (Å²) >= 11 is 11.9. The molecule has 2 N–H and O–H groups in total. The van der Waals surface area contributed by atoms with Crippen LogP contribution in [0.2, 0.25) is 10.0 Å². The van der Waals surface area contributed by atoms with Crippen LogP contribution in [-0.4, -0.2) is 41.5 Å². The van der Waals surface area contributed by atoms with E-state index >= 15 is 0 Å². The third-order valence-electron chi connectivity index (χ3n) is 4.98. The monoisotopic (exact) mass is 503 g/mol. The second-order valence-corrected chi connectivity index (χ2v) is 8.24. The van der Waals surface area contributed by atoms with Crippen molar-refractivity contribution in [3.63, 3.8) is 0 Å². The fourth-order valence-corrected chi connectivity index (χ4v) is 3.57. The van der Waals surface area contributed by atoms with E-state index in [-0.39, 0.29) is 37.1 Å². The molecule has 2 aromatic carbocycles. The summed E-state index contributed by atoms with van der Waals surface area (Å²) in [7, 11) is 1.48. The van der Waals surface area contributed by atoms with Crippen LogP contribution in [0.25, 0.3) is 0 Å². The SMILES string of the molecule is CN(C[C@@H](CCO)c1ccc(Cl)c(Cl)c1)C(O)Cc1cc(C(F)(F)F)cc(C(F)(F)F)c1. The van der Waals surface area contributed by atoms with E-state index in [1.807, 2.05) is 0 Å². The summed E-state index contributed by atoms with van der Waals surface area (Å²) in [5.74, 6) is -0.318. The maximum atomic E-state index is 13.1. The summed E-state index contributed by atoms with van der Waals surface area (Å²) in [5, 5.41) is 20.5. The van der Waals surface area contributed by atoms with Gasteiger partial charge in [0.1, 0.15) is 6.23 Å². The number of nitrogens with zero attached hydrogens (tertiary/aromatic N) is 1. The van der Waals surface area contributed by atoms with Gasteiger partial charge < -0.3 is 10.2 Å². The van der Waals surface area contributed by atoms with Crippen LogP contribution in [-0.2, 0) is 18.8 Å². The molecule has 178 valence electrons. The van der Waals surface area contributed by atoms with Gasteiger partial charge in [0, 0.05) is 19.6 Å². The number of alkyl halides is 6. The molecule has 0 radical (unpaired) electrons. The van der Waals surface area contributed by atoms with Gasteiger partial charge in [0.15, 0.2) is 0 Å². The van der Waals surface area contributed by atoms with Crippen molar-refractivity contribution in [2.45, 2.75) is 37.3 Å². The molecule has 11 heteroatoms. The van der Waals surface area contributed by atoms with Gasteiger partial charge >= 0.3 is 12.4 Å². The molecule has 0 bridgehead atoms. The zero-order valence-corrected chi connectivity index (χ0v) is 18.3. The number of hydrogen-bond acceptors (Lipinski definition) is 3. The number of benzene rings is 2. The van der Waals surface area contributed by atoms with E-state index in [1.54, 1.807) is 18.2 Å². The number of halogens is 8. The Morgan fingerprint density at radius 3 is 1.94 bits per heavy atom. The zero-order chi connectivity index (χ0) is 24.3. The molecule has 0 saturated heterocycles. The van der Waals surface area contributed by atoms with Crippen molar-refractivity contribution in [2.24, 2.45) is 0 Å². The van der Waals surface area contributed by atoms with Gasteiger partial charge in [-0.2, -0.15) is 26.3 Å². The Hall–Kier alpha value is -1.52. The van der Waals surface area contributed by atoms with Crippen LogP contribution >= 0.6 is 23.2 Å². The molecule has 0 aromatic heterocycles. The van der Waals surface area contributed by atoms with Gasteiger partial charge in [-0.15, -0.1) is 0 Å². The first-order chi connectivity index (χ1) is 14.7. The van der Waals surface area contributed by atoms with Crippen LogP contribution in [0.15, 0.2) is 36.4 Å². The van der Waals surface area contributed by atoms with Crippen molar-refractivity contribution in [3.05, 3.63) is 68.7 Å². The van der Waals surface area contributed by atoms with Crippen LogP contribution in [0.3, 0.4) is 0 Å². The molecule has 0 spiro atoms. The average Bonchev–Trinajstić information content (AvgIpc) is 2.68. The molecule has 0 heterocycles. The second kappa shape index (κ2) is 10.6. The second-order valence-electron chi connectivity index (χ2n) is 7.42. The number of aliphatic hydroxyl groups is 2. The molecule has 2 atom stereocenters. The van der Waals surface area contributed by atoms with E-state index in [2.05, 4.69) is 0 Å². The first-order valence-electron chi connectivity index (χ1n) is 9.44. The standard InChI is InChI=1S/C21H21Cl2F6NO2/c1-30(11-14(4-5-31)13-2-3-17(22)18(23)9-13)19(32)8-12-6-15(20(24,25)26)10-16(7-12)21(27,28)29/h2-3,6-7,9-10,14,19,31-32H,4-5,8,11H2,1H3/t14-,19?/m1/s1. The summed E-state index contributed by atoms with van der Waals surface area (Å²) in [6.45, 7) is -0.0256. The normalized spacial score (nSPS) is 14.6. The molecule has 0 saturated carbocycles. The topological polar surface area (TPSA) is 43.7 Å². The van der Waals surface area contributed by atoms with Crippen LogP contribution in [0.1, 0.15) is 34.6 Å². The van der Waals surface area contributed by atoms with Crippen molar-refractivity contribution in [1.82, 2.24) is 4.90 Å². The van der Waals surface area contributed by atoms with E-state index in [4.69, 9.17) is 23.2 Å². The first kappa shape index (κ1) is 26.7. The number of likely N-dealkylation sites (N-methyl/N-ethyl adjacent to an activating group) is 1. The molecular formula is C21H21Cl2F6NO2. The zero-order valence-electron chi connectivity index (χ0n) is 16.8. The maximum absolute atomic E-state index is 13.1. The maximum Gasteiger partial charge on any atom is 0.416 e. The Balaban J connectivity index is 2.23. The first-order valence-corrected chi connectivity index (χ1v) is 10.2. The minimum Gasteiger partial charge on any atom is -0.396 e. The third-order valence-corrected chi connectivity index (χ3v) is 5.71. The van der Waals surface area contributed by atoms with Crippen LogP contribution < -0.4 is 0 Å². The lowest BCUT2D eigenvalue weighted by Gasteiger charge is -2.29. The van der Waals surface area contributed by atoms with Gasteiger partial charge in [-0.3, -0.25) is 4.90 Å². The molecule has 1 unspecified atom stereocenters. The predicted molar refractivity (Wildman–Crippen MR) is 110 cm³/mol. The van der Waals surface area contributed by atoms with Crippen LogP contribution in [0.4, 0.5) is 26.3 Å². The van der Waals surface area contributed by atoms with E-state index in [9.17, 15) is 36.6 Å². The average molecular weight is 504 g/mol. The van der Waals surface area contributed by atoms with E-state index in [1.165, 1.54) is 11.9 Å². The predicted octanol–water partition coefficient (Wildman–Crippen LogP) is 5.99. The largest absolute Gasteiger partial charge is 0.416 e. The van der Waals surface area contributed by atoms with Crippen LogP contribution in [0, 0.1) is 0 Å². The summed E-state index contributed by atoms with van der Waals surface area (Å²) in [6.07, 6.45) is -11.5. The van der Waals surface area contributed by atoms with Crippen molar-refractivity contribution < 1.29 is 36.6 Å². The van der Waals surface area contributed by atoms with Gasteiger partial charge in [0.25, 0.3) is 0 Å². The lowest BCUT2D eigenvalue weighted by atomic mass is 9.95. The van der Waals surface area contributed by atoms with Gasteiger partial charge in [-0.05, 0) is 60.8 Å². The molecule has 0 fully saturated rings. The lowest BCUT2D eigenvalue weighted by molar-refractivity contribution is -0.143. The van der Waals surface area contributed by atoms with Gasteiger partial charge in [-0.1, -0.05) is 29.3 Å². The third kappa shape index (κ3) is 7.25. The molecule has 2 rings (SSSR count). The van der Waals surface area contributed by atoms with E-state index in [0.717, 1.165) is 0 Å². The molecule has 0 aliphatic heterocycles. The summed E-state index contributed by atoms with van der Waals surface area (Å²) in [4.78, 5) is 1.39. The van der Waals surface area contributed by atoms with Crippen LogP contribution in [0.5, 0.6) is 0 Å². The quantitative estimate of drug-likeness (QED) is 0.343. The lowest BCUT2D eigenvalue weighted by Crippen LogP contribution is -2.36. The Labute approximate surface area is 191 Å². The highest BCUT2D eigenvalue weighted by molar-refractivity contribution is 6.42. The molecule has 32 heavy (non-hydrogen) atoms. The van der Waals surface area contributed by atoms with Crippen molar-refractivity contribution in [1.29, 1.82) is 0 Å². The van der Waals surface area contributed by atoms with Gasteiger partial charge in [-0.25, -0.2) is 0 Å². The fraction of sp³-hybridized carbons (Fsp3) is 0.429. The molecule has 0 amide bonds. The Morgan fingerprint density at radius 2 is 1.47 bits per heavy atom. The smallest absolute Gasteiger partial charge is 0.396 e. The highest BCUT2D eigenvalue weighted by atomic mass is 35.5. The molecule has 0 aliphatic carbocycles. The minimum atomic E-state index is -4.97. The van der Waals surface area contributed by atoms with E-state index < -0.39 is 36.1 Å². The fourth-order valence-electron chi connectivity index (χ4n) is 3.26. The Bertz CT molecular complexity index is 888.